The Morgan fingerprint density at radius 3 is 2.44 bits per heavy atom. The maximum atomic E-state index is 14.5. The highest BCUT2D eigenvalue weighted by Gasteiger charge is 2.29. The average Bonchev–Trinajstić information content (AvgIpc) is 3.86. The molecule has 3 aromatic heterocycles. The van der Waals surface area contributed by atoms with Gasteiger partial charge >= 0.3 is 5.97 Å². The monoisotopic (exact) mass is 598 g/mol. The molecule has 222 valence electrons. The Hall–Kier alpha value is -5.77. The van der Waals surface area contributed by atoms with Crippen LogP contribution in [-0.2, 0) is 17.9 Å². The van der Waals surface area contributed by atoms with Gasteiger partial charge in [0, 0.05) is 34.6 Å². The molecule has 1 aliphatic rings. The van der Waals surface area contributed by atoms with Crippen LogP contribution in [0.5, 0.6) is 0 Å². The largest absolute Gasteiger partial charge is 0.457 e. The molecular weight excluding hydrogens is 571 g/mol. The molecule has 0 aliphatic heterocycles. The second-order valence-corrected chi connectivity index (χ2v) is 10.8. The van der Waals surface area contributed by atoms with Crippen molar-refractivity contribution in [1.82, 2.24) is 24.7 Å². The van der Waals surface area contributed by atoms with E-state index in [1.807, 2.05) is 12.1 Å². The molecule has 3 aromatic carbocycles. The zero-order valence-electron chi connectivity index (χ0n) is 24.1. The van der Waals surface area contributed by atoms with Crippen molar-refractivity contribution in [3.8, 4) is 11.5 Å². The molecule has 6 aromatic rings. The number of amides is 1. The zero-order chi connectivity index (χ0) is 30.8. The summed E-state index contributed by atoms with van der Waals surface area (Å²) in [4.78, 5) is 40.1. The summed E-state index contributed by atoms with van der Waals surface area (Å²) in [5.41, 5.74) is 3.71. The minimum atomic E-state index is -0.474. The van der Waals surface area contributed by atoms with Crippen molar-refractivity contribution in [3.05, 3.63) is 137 Å². The lowest BCUT2D eigenvalue weighted by atomic mass is 10.1. The fraction of sp³-hybridized carbons (Fsp3) is 0.143. The fourth-order valence-corrected chi connectivity index (χ4v) is 5.21. The maximum Gasteiger partial charge on any atom is 0.338 e. The van der Waals surface area contributed by atoms with E-state index in [1.165, 1.54) is 6.07 Å². The number of benzene rings is 3. The van der Waals surface area contributed by atoms with Crippen LogP contribution in [0, 0.1) is 5.82 Å². The van der Waals surface area contributed by atoms with Gasteiger partial charge in [-0.2, -0.15) is 5.10 Å². The Morgan fingerprint density at radius 1 is 0.889 bits per heavy atom. The summed E-state index contributed by atoms with van der Waals surface area (Å²) in [6.07, 6.45) is 5.34. The van der Waals surface area contributed by atoms with Crippen LogP contribution in [0.4, 0.5) is 10.2 Å². The van der Waals surface area contributed by atoms with Crippen LogP contribution in [0.25, 0.3) is 22.6 Å². The summed E-state index contributed by atoms with van der Waals surface area (Å²) in [7, 11) is 0. The Bertz CT molecular complexity index is 2040. The number of esters is 1. The number of halogens is 1. The maximum absolute atomic E-state index is 14.5. The Kier molecular flexibility index (Phi) is 7.52. The summed E-state index contributed by atoms with van der Waals surface area (Å²) in [6, 6.07) is 25.9. The summed E-state index contributed by atoms with van der Waals surface area (Å²) in [5, 5.41) is 8.44. The van der Waals surface area contributed by atoms with Crippen molar-refractivity contribution in [1.29, 1.82) is 0 Å². The first-order valence-electron chi connectivity index (χ1n) is 14.6. The van der Waals surface area contributed by atoms with Gasteiger partial charge in [0.15, 0.2) is 11.5 Å². The first-order valence-corrected chi connectivity index (χ1v) is 14.6. The molecule has 1 saturated carbocycles. The second kappa shape index (κ2) is 12.1. The van der Waals surface area contributed by atoms with Crippen molar-refractivity contribution in [2.75, 3.05) is 5.32 Å². The molecule has 0 atom stereocenters. The third-order valence-corrected chi connectivity index (χ3v) is 7.69. The fourth-order valence-electron chi connectivity index (χ4n) is 5.21. The minimum Gasteiger partial charge on any atom is -0.457 e. The number of anilines is 1. The highest BCUT2D eigenvalue weighted by molar-refractivity contribution is 6.05. The SMILES string of the molecule is O=C(OCc1ccccc1C(=O)Nc1nc(-c2nn(Cc3ccccc3F)c3ncccc23)ncc1C1CC1)c1ccccc1. The molecule has 0 radical (unpaired) electrons. The highest BCUT2D eigenvalue weighted by Crippen LogP contribution is 2.43. The number of aromatic nitrogens is 5. The van der Waals surface area contributed by atoms with Gasteiger partial charge in [-0.15, -0.1) is 0 Å². The van der Waals surface area contributed by atoms with E-state index in [9.17, 15) is 14.0 Å². The molecule has 10 heteroatoms. The van der Waals surface area contributed by atoms with E-state index in [1.54, 1.807) is 89.9 Å². The molecule has 45 heavy (non-hydrogen) atoms. The van der Waals surface area contributed by atoms with E-state index in [-0.39, 0.29) is 30.8 Å². The molecule has 3 heterocycles. The van der Waals surface area contributed by atoms with Crippen molar-refractivity contribution >= 4 is 28.7 Å². The number of hydrogen-bond donors (Lipinski definition) is 1. The van der Waals surface area contributed by atoms with Crippen LogP contribution >= 0.6 is 0 Å². The lowest BCUT2D eigenvalue weighted by Crippen LogP contribution is -2.18. The molecule has 0 spiro atoms. The van der Waals surface area contributed by atoms with Gasteiger partial charge in [0.1, 0.15) is 23.9 Å². The van der Waals surface area contributed by atoms with E-state index in [0.29, 0.717) is 50.6 Å². The number of carbonyl (C=O) groups excluding carboxylic acids is 2. The number of carbonyl (C=O) groups is 2. The van der Waals surface area contributed by atoms with Gasteiger partial charge < -0.3 is 10.1 Å². The molecule has 1 fully saturated rings. The summed E-state index contributed by atoms with van der Waals surface area (Å²) in [6.45, 7) is 0.107. The van der Waals surface area contributed by atoms with Gasteiger partial charge in [0.2, 0.25) is 0 Å². The Morgan fingerprint density at radius 2 is 1.64 bits per heavy atom. The first kappa shape index (κ1) is 28.0. The van der Waals surface area contributed by atoms with Gasteiger partial charge in [-0.25, -0.2) is 28.8 Å². The quantitative estimate of drug-likeness (QED) is 0.188. The lowest BCUT2D eigenvalue weighted by Gasteiger charge is -2.13. The lowest BCUT2D eigenvalue weighted by molar-refractivity contribution is 0.0470. The second-order valence-electron chi connectivity index (χ2n) is 10.8. The Balaban J connectivity index is 1.19. The third kappa shape index (κ3) is 5.90. The highest BCUT2D eigenvalue weighted by atomic mass is 19.1. The van der Waals surface area contributed by atoms with Crippen LogP contribution in [0.1, 0.15) is 56.2 Å². The van der Waals surface area contributed by atoms with Crippen molar-refractivity contribution in [3.63, 3.8) is 0 Å². The van der Waals surface area contributed by atoms with E-state index in [0.717, 1.165) is 18.4 Å². The summed E-state index contributed by atoms with van der Waals surface area (Å²) >= 11 is 0. The van der Waals surface area contributed by atoms with Crippen LogP contribution in [0.3, 0.4) is 0 Å². The number of nitrogens with one attached hydrogen (secondary N) is 1. The van der Waals surface area contributed by atoms with E-state index in [4.69, 9.17) is 14.8 Å². The van der Waals surface area contributed by atoms with Crippen LogP contribution in [-0.4, -0.2) is 36.6 Å². The smallest absolute Gasteiger partial charge is 0.338 e. The molecule has 1 N–H and O–H groups in total. The third-order valence-electron chi connectivity index (χ3n) is 7.69. The predicted octanol–water partition coefficient (Wildman–Crippen LogP) is 6.56. The van der Waals surface area contributed by atoms with Crippen molar-refractivity contribution in [2.45, 2.75) is 31.9 Å². The normalized spacial score (nSPS) is 12.6. The number of hydrogen-bond acceptors (Lipinski definition) is 7. The molecule has 0 bridgehead atoms. The predicted molar refractivity (Wildman–Crippen MR) is 166 cm³/mol. The minimum absolute atomic E-state index is 0.0692. The Labute approximate surface area is 257 Å². The van der Waals surface area contributed by atoms with E-state index in [2.05, 4.69) is 15.3 Å². The molecule has 9 nitrogen and oxygen atoms in total. The number of pyridine rings is 1. The summed E-state index contributed by atoms with van der Waals surface area (Å²) < 4.78 is 21.6. The van der Waals surface area contributed by atoms with Gasteiger partial charge in [-0.1, -0.05) is 54.6 Å². The van der Waals surface area contributed by atoms with Crippen LogP contribution in [0.2, 0.25) is 0 Å². The topological polar surface area (TPSA) is 112 Å². The number of ether oxygens (including phenoxy) is 1. The van der Waals surface area contributed by atoms with Crippen LogP contribution in [0.15, 0.2) is 103 Å². The molecule has 0 unspecified atom stereocenters. The molecule has 7 rings (SSSR count). The van der Waals surface area contributed by atoms with Gasteiger partial charge in [-0.3, -0.25) is 4.79 Å². The van der Waals surface area contributed by atoms with Gasteiger partial charge in [0.05, 0.1) is 17.5 Å². The van der Waals surface area contributed by atoms with E-state index >= 15 is 0 Å². The summed E-state index contributed by atoms with van der Waals surface area (Å²) in [5.74, 6) is -0.241. The number of fused-ring (bicyclic) bond motifs is 1. The standard InChI is InChI=1S/C35H27FN6O3/c36-29-15-7-5-11-24(29)20-42-33-27(14-8-18-37-33)30(41-42)32-38-19-28(22-16-17-22)31(39-32)40-34(43)26-13-6-4-12-25(26)21-45-35(44)23-9-2-1-3-10-23/h1-15,18-19,22H,16-17,20-21H2,(H,38,39,40,43). The zero-order valence-corrected chi connectivity index (χ0v) is 24.1. The van der Waals surface area contributed by atoms with E-state index < -0.39 is 5.97 Å². The molecular formula is C35H27FN6O3. The van der Waals surface area contributed by atoms with Crippen LogP contribution < -0.4 is 5.32 Å². The number of rotatable bonds is 9. The average molecular weight is 599 g/mol. The number of nitrogens with zero attached hydrogens (tertiary/aromatic N) is 5. The first-order chi connectivity index (χ1) is 22.0. The van der Waals surface area contributed by atoms with Crippen molar-refractivity contribution in [2.24, 2.45) is 0 Å². The molecule has 0 saturated heterocycles. The van der Waals surface area contributed by atoms with Crippen molar-refractivity contribution < 1.29 is 18.7 Å². The molecule has 1 aliphatic carbocycles. The molecule has 1 amide bonds. The van der Waals surface area contributed by atoms with Gasteiger partial charge in [0.25, 0.3) is 5.91 Å². The van der Waals surface area contributed by atoms with Gasteiger partial charge in [-0.05, 0) is 55.2 Å².